The van der Waals surface area contributed by atoms with Crippen molar-refractivity contribution in [2.75, 3.05) is 13.7 Å². The van der Waals surface area contributed by atoms with Crippen molar-refractivity contribution in [3.8, 4) is 0 Å². The second-order valence-corrected chi connectivity index (χ2v) is 4.80. The topological polar surface area (TPSA) is 39.1 Å². The fourth-order valence-corrected chi connectivity index (χ4v) is 2.16. The van der Waals surface area contributed by atoms with Gasteiger partial charge >= 0.3 is 0 Å². The molecule has 4 heteroatoms. The molecular weight excluding hydrogens is 226 g/mol. The monoisotopic (exact) mass is 253 g/mol. The number of ether oxygens (including phenoxy) is 1. The molecule has 1 heterocycles. The molecule has 0 amide bonds. The Morgan fingerprint density at radius 3 is 2.72 bits per heavy atom. The van der Waals surface area contributed by atoms with Crippen LogP contribution in [0, 0.1) is 6.92 Å². The standard InChI is InChI=1S/C14H27N3O/c1-6-8-15-14(12(4)18-5)10-13-9-11(3)16-17(13)7-2/h9,12,14-15H,6-8,10H2,1-5H3. The van der Waals surface area contributed by atoms with E-state index in [4.69, 9.17) is 4.74 Å². The molecule has 2 unspecified atom stereocenters. The van der Waals surface area contributed by atoms with Gasteiger partial charge in [0.2, 0.25) is 0 Å². The van der Waals surface area contributed by atoms with Crippen molar-refractivity contribution >= 4 is 0 Å². The first-order valence-electron chi connectivity index (χ1n) is 6.91. The fourth-order valence-electron chi connectivity index (χ4n) is 2.16. The fraction of sp³-hybridized carbons (Fsp3) is 0.786. The summed E-state index contributed by atoms with van der Waals surface area (Å²) in [6.45, 7) is 10.4. The van der Waals surface area contributed by atoms with E-state index in [1.54, 1.807) is 7.11 Å². The zero-order valence-corrected chi connectivity index (χ0v) is 12.4. The van der Waals surface area contributed by atoms with Crippen molar-refractivity contribution in [1.82, 2.24) is 15.1 Å². The highest BCUT2D eigenvalue weighted by molar-refractivity contribution is 5.11. The van der Waals surface area contributed by atoms with E-state index in [0.29, 0.717) is 6.04 Å². The number of rotatable bonds is 8. The molecule has 0 radical (unpaired) electrons. The van der Waals surface area contributed by atoms with Crippen molar-refractivity contribution in [2.45, 2.75) is 59.2 Å². The van der Waals surface area contributed by atoms with E-state index in [1.165, 1.54) is 5.69 Å². The third kappa shape index (κ3) is 4.10. The zero-order valence-electron chi connectivity index (χ0n) is 12.4. The van der Waals surface area contributed by atoms with E-state index < -0.39 is 0 Å². The summed E-state index contributed by atoms with van der Waals surface area (Å²) in [4.78, 5) is 0. The van der Waals surface area contributed by atoms with E-state index in [0.717, 1.165) is 31.6 Å². The number of methoxy groups -OCH3 is 1. The van der Waals surface area contributed by atoms with E-state index in [1.807, 2.05) is 6.92 Å². The maximum atomic E-state index is 5.47. The minimum Gasteiger partial charge on any atom is -0.380 e. The van der Waals surface area contributed by atoms with Gasteiger partial charge in [-0.1, -0.05) is 6.92 Å². The number of hydrogen-bond donors (Lipinski definition) is 1. The summed E-state index contributed by atoms with van der Waals surface area (Å²) in [6, 6.07) is 2.52. The van der Waals surface area contributed by atoms with Crippen LogP contribution in [0.2, 0.25) is 0 Å². The molecule has 2 atom stereocenters. The Kier molecular flexibility index (Phi) is 6.36. The van der Waals surface area contributed by atoms with Gasteiger partial charge in [0.15, 0.2) is 0 Å². The molecule has 0 fully saturated rings. The molecule has 0 aliphatic heterocycles. The molecule has 0 saturated carbocycles. The Morgan fingerprint density at radius 1 is 1.44 bits per heavy atom. The van der Waals surface area contributed by atoms with Crippen molar-refractivity contribution in [2.24, 2.45) is 0 Å². The van der Waals surface area contributed by atoms with Crippen molar-refractivity contribution in [3.63, 3.8) is 0 Å². The lowest BCUT2D eigenvalue weighted by atomic mass is 10.1. The molecule has 1 aromatic heterocycles. The summed E-state index contributed by atoms with van der Waals surface area (Å²) in [6.07, 6.45) is 2.31. The van der Waals surface area contributed by atoms with E-state index in [2.05, 4.69) is 41.9 Å². The Bertz CT molecular complexity index is 349. The van der Waals surface area contributed by atoms with Gasteiger partial charge in [0.1, 0.15) is 0 Å². The van der Waals surface area contributed by atoms with E-state index >= 15 is 0 Å². The second kappa shape index (κ2) is 7.54. The molecule has 4 nitrogen and oxygen atoms in total. The summed E-state index contributed by atoms with van der Waals surface area (Å²) in [5.41, 5.74) is 2.37. The second-order valence-electron chi connectivity index (χ2n) is 4.80. The molecule has 18 heavy (non-hydrogen) atoms. The highest BCUT2D eigenvalue weighted by Gasteiger charge is 2.18. The molecule has 1 aromatic rings. The van der Waals surface area contributed by atoms with Gasteiger partial charge in [-0.2, -0.15) is 5.10 Å². The highest BCUT2D eigenvalue weighted by atomic mass is 16.5. The largest absolute Gasteiger partial charge is 0.380 e. The normalized spacial score (nSPS) is 14.7. The van der Waals surface area contributed by atoms with Gasteiger partial charge in [0.05, 0.1) is 11.8 Å². The maximum Gasteiger partial charge on any atom is 0.0699 e. The summed E-state index contributed by atoms with van der Waals surface area (Å²) in [5, 5.41) is 8.06. The van der Waals surface area contributed by atoms with Crippen molar-refractivity contribution in [3.05, 3.63) is 17.5 Å². The van der Waals surface area contributed by atoms with Crippen LogP contribution in [-0.2, 0) is 17.7 Å². The third-order valence-electron chi connectivity index (χ3n) is 3.31. The molecule has 104 valence electrons. The lowest BCUT2D eigenvalue weighted by Gasteiger charge is -2.24. The highest BCUT2D eigenvalue weighted by Crippen LogP contribution is 2.10. The number of aromatic nitrogens is 2. The number of aryl methyl sites for hydroxylation is 2. The predicted molar refractivity (Wildman–Crippen MR) is 74.9 cm³/mol. The quantitative estimate of drug-likeness (QED) is 0.771. The molecular formula is C14H27N3O. The first-order chi connectivity index (χ1) is 8.62. The van der Waals surface area contributed by atoms with Gasteiger partial charge in [-0.05, 0) is 39.8 Å². The van der Waals surface area contributed by atoms with Crippen LogP contribution in [0.15, 0.2) is 6.07 Å². The van der Waals surface area contributed by atoms with Crippen LogP contribution in [0.5, 0.6) is 0 Å². The lowest BCUT2D eigenvalue weighted by molar-refractivity contribution is 0.0824. The van der Waals surface area contributed by atoms with Gasteiger partial charge < -0.3 is 10.1 Å². The first kappa shape index (κ1) is 15.2. The number of nitrogens with zero attached hydrogens (tertiary/aromatic N) is 2. The summed E-state index contributed by atoms with van der Waals surface area (Å²) in [7, 11) is 1.77. The Hall–Kier alpha value is -0.870. The average Bonchev–Trinajstić information content (AvgIpc) is 2.73. The van der Waals surface area contributed by atoms with Gasteiger partial charge in [0, 0.05) is 31.8 Å². The van der Waals surface area contributed by atoms with Gasteiger partial charge in [-0.15, -0.1) is 0 Å². The third-order valence-corrected chi connectivity index (χ3v) is 3.31. The maximum absolute atomic E-state index is 5.47. The summed E-state index contributed by atoms with van der Waals surface area (Å²) >= 11 is 0. The van der Waals surface area contributed by atoms with E-state index in [-0.39, 0.29) is 6.10 Å². The molecule has 0 bridgehead atoms. The Morgan fingerprint density at radius 2 is 2.17 bits per heavy atom. The molecule has 1 rings (SSSR count). The summed E-state index contributed by atoms with van der Waals surface area (Å²) < 4.78 is 7.55. The average molecular weight is 253 g/mol. The van der Waals surface area contributed by atoms with Crippen molar-refractivity contribution in [1.29, 1.82) is 0 Å². The van der Waals surface area contributed by atoms with Crippen LogP contribution in [0.3, 0.4) is 0 Å². The van der Waals surface area contributed by atoms with Crippen LogP contribution in [0.25, 0.3) is 0 Å². The van der Waals surface area contributed by atoms with Crippen molar-refractivity contribution < 1.29 is 4.74 Å². The SMILES string of the molecule is CCCNC(Cc1cc(C)nn1CC)C(C)OC. The minimum atomic E-state index is 0.206. The summed E-state index contributed by atoms with van der Waals surface area (Å²) in [5.74, 6) is 0. The van der Waals surface area contributed by atoms with E-state index in [9.17, 15) is 0 Å². The van der Waals surface area contributed by atoms with Crippen LogP contribution < -0.4 is 5.32 Å². The molecule has 0 aromatic carbocycles. The lowest BCUT2D eigenvalue weighted by Crippen LogP contribution is -2.41. The van der Waals surface area contributed by atoms with Gasteiger partial charge in [0.25, 0.3) is 0 Å². The smallest absolute Gasteiger partial charge is 0.0699 e. The van der Waals surface area contributed by atoms with Gasteiger partial charge in [-0.3, -0.25) is 4.68 Å². The first-order valence-corrected chi connectivity index (χ1v) is 6.91. The Balaban J connectivity index is 2.74. The van der Waals surface area contributed by atoms with Crippen LogP contribution in [0.1, 0.15) is 38.6 Å². The van der Waals surface area contributed by atoms with Crippen LogP contribution in [-0.4, -0.2) is 35.6 Å². The molecule has 0 spiro atoms. The molecule has 0 aliphatic rings. The predicted octanol–water partition coefficient (Wildman–Crippen LogP) is 2.16. The number of nitrogens with one attached hydrogen (secondary N) is 1. The zero-order chi connectivity index (χ0) is 13.5. The molecule has 0 aliphatic carbocycles. The molecule has 1 N–H and O–H groups in total. The van der Waals surface area contributed by atoms with Crippen LogP contribution in [0.4, 0.5) is 0 Å². The minimum absolute atomic E-state index is 0.206. The van der Waals surface area contributed by atoms with Gasteiger partial charge in [-0.25, -0.2) is 0 Å². The number of hydrogen-bond acceptors (Lipinski definition) is 3. The Labute approximate surface area is 111 Å². The van der Waals surface area contributed by atoms with Crippen LogP contribution >= 0.6 is 0 Å². The molecule has 0 saturated heterocycles.